The molecule has 0 spiro atoms. The predicted octanol–water partition coefficient (Wildman–Crippen LogP) is 5.23. The molecule has 1 aromatic heterocycles. The SMILES string of the molecule is N#CCCn1cc([C@@H]2Nc3ccccc3C(=O)N2Cc2ccccc2)c(-c2ccccc2)n1. The largest absolute Gasteiger partial charge is 0.361 e. The van der Waals surface area contributed by atoms with Gasteiger partial charge in [-0.25, -0.2) is 0 Å². The second-order valence-electron chi connectivity index (χ2n) is 7.98. The minimum atomic E-state index is -0.404. The second kappa shape index (κ2) is 9.01. The summed E-state index contributed by atoms with van der Waals surface area (Å²) in [7, 11) is 0. The predicted molar refractivity (Wildman–Crippen MR) is 127 cm³/mol. The van der Waals surface area contributed by atoms with Crippen molar-refractivity contribution in [1.29, 1.82) is 5.26 Å². The molecule has 1 atom stereocenters. The molecule has 162 valence electrons. The van der Waals surface area contributed by atoms with E-state index in [0.29, 0.717) is 25.1 Å². The molecule has 0 unspecified atom stereocenters. The lowest BCUT2D eigenvalue weighted by Crippen LogP contribution is -2.42. The molecule has 33 heavy (non-hydrogen) atoms. The van der Waals surface area contributed by atoms with Gasteiger partial charge in [-0.15, -0.1) is 0 Å². The van der Waals surface area contributed by atoms with E-state index < -0.39 is 6.17 Å². The van der Waals surface area contributed by atoms with Gasteiger partial charge >= 0.3 is 0 Å². The van der Waals surface area contributed by atoms with Crippen LogP contribution in [0, 0.1) is 11.3 Å². The summed E-state index contributed by atoms with van der Waals surface area (Å²) in [6.45, 7) is 0.954. The van der Waals surface area contributed by atoms with Gasteiger partial charge in [0.05, 0.1) is 30.3 Å². The van der Waals surface area contributed by atoms with Crippen molar-refractivity contribution in [1.82, 2.24) is 14.7 Å². The van der Waals surface area contributed by atoms with Crippen molar-refractivity contribution >= 4 is 11.6 Å². The Morgan fingerprint density at radius 1 is 0.939 bits per heavy atom. The fourth-order valence-corrected chi connectivity index (χ4v) is 4.22. The van der Waals surface area contributed by atoms with Crippen LogP contribution in [0.25, 0.3) is 11.3 Å². The molecule has 0 radical (unpaired) electrons. The number of carbonyl (C=O) groups is 1. The van der Waals surface area contributed by atoms with E-state index in [0.717, 1.165) is 28.1 Å². The molecule has 0 fully saturated rings. The Kier molecular flexibility index (Phi) is 5.61. The van der Waals surface area contributed by atoms with Crippen LogP contribution in [0.3, 0.4) is 0 Å². The summed E-state index contributed by atoms with van der Waals surface area (Å²) < 4.78 is 1.80. The first-order valence-corrected chi connectivity index (χ1v) is 10.9. The van der Waals surface area contributed by atoms with Crippen LogP contribution in [0.15, 0.2) is 91.1 Å². The minimum Gasteiger partial charge on any atom is -0.361 e. The van der Waals surface area contributed by atoms with E-state index in [1.165, 1.54) is 0 Å². The van der Waals surface area contributed by atoms with Crippen LogP contribution < -0.4 is 5.32 Å². The number of aromatic nitrogens is 2. The third-order valence-electron chi connectivity index (χ3n) is 5.80. The standard InChI is InChI=1S/C27H23N5O/c28-16-9-17-31-19-23(25(30-31)21-12-5-2-6-13-21)26-29-24-15-8-7-14-22(24)27(33)32(26)18-20-10-3-1-4-11-20/h1-8,10-15,19,26,29H,9,17-18H2/t26-/m1/s1. The van der Waals surface area contributed by atoms with E-state index >= 15 is 0 Å². The minimum absolute atomic E-state index is 0.0259. The maximum absolute atomic E-state index is 13.6. The zero-order valence-corrected chi connectivity index (χ0v) is 18.1. The molecule has 6 nitrogen and oxygen atoms in total. The van der Waals surface area contributed by atoms with Gasteiger partial charge in [0, 0.05) is 29.6 Å². The van der Waals surface area contributed by atoms with Gasteiger partial charge < -0.3 is 10.2 Å². The van der Waals surface area contributed by atoms with E-state index in [9.17, 15) is 4.79 Å². The highest BCUT2D eigenvalue weighted by molar-refractivity contribution is 6.01. The number of fused-ring (bicyclic) bond motifs is 1. The number of hydrogen-bond donors (Lipinski definition) is 1. The Morgan fingerprint density at radius 3 is 2.39 bits per heavy atom. The van der Waals surface area contributed by atoms with Crippen LogP contribution in [0.4, 0.5) is 5.69 Å². The molecule has 6 heteroatoms. The van der Waals surface area contributed by atoms with Crippen molar-refractivity contribution in [2.45, 2.75) is 25.7 Å². The van der Waals surface area contributed by atoms with E-state index in [1.807, 2.05) is 96.0 Å². The molecule has 1 aliphatic heterocycles. The second-order valence-corrected chi connectivity index (χ2v) is 7.98. The van der Waals surface area contributed by atoms with Gasteiger partial charge in [0.25, 0.3) is 5.91 Å². The number of hydrogen-bond acceptors (Lipinski definition) is 4. The lowest BCUT2D eigenvalue weighted by molar-refractivity contribution is 0.0667. The summed E-state index contributed by atoms with van der Waals surface area (Å²) in [6.07, 6.45) is 1.91. The number of nitrogens with zero attached hydrogens (tertiary/aromatic N) is 4. The lowest BCUT2D eigenvalue weighted by Gasteiger charge is -2.38. The Hall–Kier alpha value is -4.37. The molecular formula is C27H23N5O. The van der Waals surface area contributed by atoms with Crippen molar-refractivity contribution < 1.29 is 4.79 Å². The fraction of sp³-hybridized carbons (Fsp3) is 0.148. The third kappa shape index (κ3) is 4.09. The van der Waals surface area contributed by atoms with Crippen LogP contribution in [0.5, 0.6) is 0 Å². The van der Waals surface area contributed by atoms with Crippen molar-refractivity contribution in [2.24, 2.45) is 0 Å². The summed E-state index contributed by atoms with van der Waals surface area (Å²) in [5.74, 6) is -0.0259. The van der Waals surface area contributed by atoms with Gasteiger partial charge in [0.1, 0.15) is 6.17 Å². The number of nitrogens with one attached hydrogen (secondary N) is 1. The number of nitriles is 1. The van der Waals surface area contributed by atoms with Crippen LogP contribution in [-0.4, -0.2) is 20.6 Å². The van der Waals surface area contributed by atoms with Crippen LogP contribution >= 0.6 is 0 Å². The number of carbonyl (C=O) groups excluding carboxylic acids is 1. The third-order valence-corrected chi connectivity index (χ3v) is 5.80. The zero-order chi connectivity index (χ0) is 22.6. The first-order chi connectivity index (χ1) is 16.2. The number of benzene rings is 3. The average molecular weight is 434 g/mol. The Bertz CT molecular complexity index is 1310. The molecule has 2 heterocycles. The molecule has 1 aliphatic rings. The summed E-state index contributed by atoms with van der Waals surface area (Å²) in [6, 6.07) is 29.7. The molecule has 5 rings (SSSR count). The van der Waals surface area contributed by atoms with Gasteiger partial charge in [-0.3, -0.25) is 9.48 Å². The first-order valence-electron chi connectivity index (χ1n) is 10.9. The topological polar surface area (TPSA) is 74.0 Å². The maximum atomic E-state index is 13.6. The average Bonchev–Trinajstić information content (AvgIpc) is 3.29. The van der Waals surface area contributed by atoms with Gasteiger partial charge in [-0.05, 0) is 17.7 Å². The normalized spacial score (nSPS) is 14.9. The molecule has 0 aliphatic carbocycles. The summed E-state index contributed by atoms with van der Waals surface area (Å²) in [5, 5.41) is 17.4. The lowest BCUT2D eigenvalue weighted by atomic mass is 10.0. The first kappa shape index (κ1) is 20.5. The molecule has 3 aromatic carbocycles. The van der Waals surface area contributed by atoms with Crippen molar-refractivity contribution in [3.05, 3.63) is 108 Å². The van der Waals surface area contributed by atoms with E-state index in [4.69, 9.17) is 10.4 Å². The van der Waals surface area contributed by atoms with Crippen LogP contribution in [-0.2, 0) is 13.1 Å². The molecule has 4 aromatic rings. The molecule has 0 saturated heterocycles. The van der Waals surface area contributed by atoms with Crippen molar-refractivity contribution in [3.63, 3.8) is 0 Å². The van der Waals surface area contributed by atoms with E-state index in [1.54, 1.807) is 4.68 Å². The fourth-order valence-electron chi connectivity index (χ4n) is 4.22. The van der Waals surface area contributed by atoms with Crippen LogP contribution in [0.2, 0.25) is 0 Å². The molecular weight excluding hydrogens is 410 g/mol. The number of para-hydroxylation sites is 1. The summed E-state index contributed by atoms with van der Waals surface area (Å²) >= 11 is 0. The van der Waals surface area contributed by atoms with Crippen molar-refractivity contribution in [2.75, 3.05) is 5.32 Å². The zero-order valence-electron chi connectivity index (χ0n) is 18.1. The van der Waals surface area contributed by atoms with Crippen molar-refractivity contribution in [3.8, 4) is 17.3 Å². The Labute approximate surface area is 192 Å². The van der Waals surface area contributed by atoms with Crippen LogP contribution in [0.1, 0.15) is 34.1 Å². The molecule has 0 saturated carbocycles. The number of rotatable bonds is 6. The maximum Gasteiger partial charge on any atom is 0.258 e. The number of anilines is 1. The Balaban J connectivity index is 1.63. The number of amides is 1. The Morgan fingerprint density at radius 2 is 1.64 bits per heavy atom. The monoisotopic (exact) mass is 433 g/mol. The smallest absolute Gasteiger partial charge is 0.258 e. The molecule has 0 bridgehead atoms. The summed E-state index contributed by atoms with van der Waals surface area (Å²) in [5.41, 5.74) is 5.18. The van der Waals surface area contributed by atoms with Gasteiger partial charge in [0.2, 0.25) is 0 Å². The van der Waals surface area contributed by atoms with Gasteiger partial charge in [-0.1, -0.05) is 72.8 Å². The van der Waals surface area contributed by atoms with Gasteiger partial charge in [0.15, 0.2) is 0 Å². The summed E-state index contributed by atoms with van der Waals surface area (Å²) in [4.78, 5) is 15.5. The quantitative estimate of drug-likeness (QED) is 0.452. The highest BCUT2D eigenvalue weighted by atomic mass is 16.2. The molecule has 1 amide bonds. The van der Waals surface area contributed by atoms with E-state index in [2.05, 4.69) is 11.4 Å². The highest BCUT2D eigenvalue weighted by Gasteiger charge is 2.35. The number of aryl methyl sites for hydroxylation is 1. The highest BCUT2D eigenvalue weighted by Crippen LogP contribution is 2.37. The molecule has 1 N–H and O–H groups in total. The van der Waals surface area contributed by atoms with E-state index in [-0.39, 0.29) is 5.91 Å². The van der Waals surface area contributed by atoms with Gasteiger partial charge in [-0.2, -0.15) is 10.4 Å².